The highest BCUT2D eigenvalue weighted by molar-refractivity contribution is 5.69. The first kappa shape index (κ1) is 12.6. The molecule has 0 spiro atoms. The van der Waals surface area contributed by atoms with Gasteiger partial charge in [-0.2, -0.15) is 0 Å². The Morgan fingerprint density at radius 1 is 1.36 bits per heavy atom. The number of nitrogens with zero attached hydrogens (tertiary/aromatic N) is 1. The predicted molar refractivity (Wildman–Crippen MR) is 42.6 cm³/mol. The van der Waals surface area contributed by atoms with Gasteiger partial charge in [0.25, 0.3) is 6.26 Å². The van der Waals surface area contributed by atoms with Gasteiger partial charge in [0.1, 0.15) is 0 Å². The van der Waals surface area contributed by atoms with E-state index in [1.807, 2.05) is 0 Å². The summed E-state index contributed by atoms with van der Waals surface area (Å²) in [5.41, 5.74) is 0. The Labute approximate surface area is 68.0 Å². The number of rotatable bonds is 2. The van der Waals surface area contributed by atoms with Gasteiger partial charge in [0, 0.05) is 6.42 Å². The SMILES string of the molecule is CCC(=O)OC#N.CCCC. The molecule has 0 radical (unpaired) electrons. The quantitative estimate of drug-likeness (QED) is 0.456. The molecule has 0 rings (SSSR count). The first-order valence-electron chi connectivity index (χ1n) is 3.81. The molecule has 0 unspecified atom stereocenters. The highest BCUT2D eigenvalue weighted by Gasteiger charge is 1.92. The zero-order chi connectivity index (χ0) is 9.11. The molecular formula is C8H15NO2. The minimum atomic E-state index is -0.484. The average Bonchev–Trinajstić information content (AvgIpc) is 2.05. The van der Waals surface area contributed by atoms with Gasteiger partial charge in [-0.15, -0.1) is 5.26 Å². The van der Waals surface area contributed by atoms with Crippen LogP contribution in [0.4, 0.5) is 0 Å². The Kier molecular flexibility index (Phi) is 13.4. The van der Waals surface area contributed by atoms with E-state index < -0.39 is 5.97 Å². The van der Waals surface area contributed by atoms with Crippen molar-refractivity contribution in [1.29, 1.82) is 5.26 Å². The molecule has 11 heavy (non-hydrogen) atoms. The third-order valence-electron chi connectivity index (χ3n) is 0.948. The Hall–Kier alpha value is -1.04. The van der Waals surface area contributed by atoms with E-state index in [1.165, 1.54) is 19.1 Å². The molecule has 0 aromatic rings. The summed E-state index contributed by atoms with van der Waals surface area (Å²) < 4.78 is 3.86. The van der Waals surface area contributed by atoms with Crippen molar-refractivity contribution in [3.8, 4) is 6.26 Å². The number of carbonyl (C=O) groups excluding carboxylic acids is 1. The summed E-state index contributed by atoms with van der Waals surface area (Å²) >= 11 is 0. The molecule has 0 aromatic carbocycles. The van der Waals surface area contributed by atoms with Gasteiger partial charge in [0.05, 0.1) is 0 Å². The number of unbranched alkanes of at least 4 members (excludes halogenated alkanes) is 1. The summed E-state index contributed by atoms with van der Waals surface area (Å²) in [7, 11) is 0. The fourth-order valence-electron chi connectivity index (χ4n) is 0.123. The lowest BCUT2D eigenvalue weighted by Gasteiger charge is -1.82. The zero-order valence-electron chi connectivity index (χ0n) is 7.39. The van der Waals surface area contributed by atoms with E-state index in [4.69, 9.17) is 5.26 Å². The van der Waals surface area contributed by atoms with Crippen molar-refractivity contribution in [3.05, 3.63) is 0 Å². The third kappa shape index (κ3) is 17.6. The molecule has 0 N–H and O–H groups in total. The third-order valence-corrected chi connectivity index (χ3v) is 0.948. The van der Waals surface area contributed by atoms with Gasteiger partial charge in [-0.25, -0.2) is 0 Å². The van der Waals surface area contributed by atoms with E-state index in [1.54, 1.807) is 6.92 Å². The lowest BCUT2D eigenvalue weighted by Crippen LogP contribution is -1.94. The van der Waals surface area contributed by atoms with Crippen molar-refractivity contribution in [2.24, 2.45) is 0 Å². The summed E-state index contributed by atoms with van der Waals surface area (Å²) in [6.45, 7) is 5.99. The maximum Gasteiger partial charge on any atom is 0.321 e. The highest BCUT2D eigenvalue weighted by atomic mass is 16.5. The van der Waals surface area contributed by atoms with Gasteiger partial charge in [-0.1, -0.05) is 33.6 Å². The minimum absolute atomic E-state index is 0.258. The summed E-state index contributed by atoms with van der Waals surface area (Å²) in [5, 5.41) is 7.67. The first-order chi connectivity index (χ1) is 5.22. The number of esters is 1. The Morgan fingerprint density at radius 2 is 1.82 bits per heavy atom. The second-order valence-corrected chi connectivity index (χ2v) is 1.92. The molecule has 3 nitrogen and oxygen atoms in total. The molecule has 0 aliphatic rings. The molecule has 0 aromatic heterocycles. The van der Waals surface area contributed by atoms with Crippen LogP contribution in [0.2, 0.25) is 0 Å². The topological polar surface area (TPSA) is 50.1 Å². The van der Waals surface area contributed by atoms with Gasteiger partial charge in [-0.3, -0.25) is 4.79 Å². The van der Waals surface area contributed by atoms with E-state index in [0.717, 1.165) is 0 Å². The van der Waals surface area contributed by atoms with E-state index >= 15 is 0 Å². The Balaban J connectivity index is 0. The van der Waals surface area contributed by atoms with Crippen LogP contribution in [0.15, 0.2) is 0 Å². The molecule has 0 aliphatic heterocycles. The van der Waals surface area contributed by atoms with Crippen LogP contribution >= 0.6 is 0 Å². The molecule has 0 atom stereocenters. The monoisotopic (exact) mass is 157 g/mol. The van der Waals surface area contributed by atoms with Gasteiger partial charge in [0.15, 0.2) is 0 Å². The molecule has 0 saturated carbocycles. The number of hydrogen-bond acceptors (Lipinski definition) is 3. The van der Waals surface area contributed by atoms with Crippen LogP contribution < -0.4 is 0 Å². The van der Waals surface area contributed by atoms with Crippen molar-refractivity contribution in [1.82, 2.24) is 0 Å². The fourth-order valence-corrected chi connectivity index (χ4v) is 0.123. The van der Waals surface area contributed by atoms with Crippen LogP contribution in [-0.2, 0) is 9.53 Å². The normalized spacial score (nSPS) is 7.09. The van der Waals surface area contributed by atoms with Gasteiger partial charge >= 0.3 is 5.97 Å². The van der Waals surface area contributed by atoms with Crippen molar-refractivity contribution in [2.75, 3.05) is 0 Å². The molecule has 64 valence electrons. The average molecular weight is 157 g/mol. The summed E-state index contributed by atoms with van der Waals surface area (Å²) in [4.78, 5) is 9.97. The molecule has 0 heterocycles. The zero-order valence-corrected chi connectivity index (χ0v) is 7.39. The summed E-state index contributed by atoms with van der Waals surface area (Å²) in [5.74, 6) is -0.484. The number of nitriles is 1. The summed E-state index contributed by atoms with van der Waals surface area (Å²) in [6, 6.07) is 0. The van der Waals surface area contributed by atoms with E-state index in [9.17, 15) is 4.79 Å². The highest BCUT2D eigenvalue weighted by Crippen LogP contribution is 1.78. The molecule has 3 heteroatoms. The van der Waals surface area contributed by atoms with Crippen LogP contribution in [0.3, 0.4) is 0 Å². The lowest BCUT2D eigenvalue weighted by molar-refractivity contribution is -0.136. The van der Waals surface area contributed by atoms with E-state index in [2.05, 4.69) is 18.6 Å². The molecule has 0 aliphatic carbocycles. The van der Waals surface area contributed by atoms with Crippen LogP contribution in [0.25, 0.3) is 0 Å². The number of hydrogen-bond donors (Lipinski definition) is 0. The lowest BCUT2D eigenvalue weighted by atomic mass is 10.4. The van der Waals surface area contributed by atoms with E-state index in [0.29, 0.717) is 0 Å². The van der Waals surface area contributed by atoms with Crippen LogP contribution in [0.1, 0.15) is 40.0 Å². The molecule has 0 amide bonds. The van der Waals surface area contributed by atoms with Crippen LogP contribution in [0, 0.1) is 11.5 Å². The summed E-state index contributed by atoms with van der Waals surface area (Å²) in [6.07, 6.45) is 4.17. The van der Waals surface area contributed by atoms with Gasteiger partial charge < -0.3 is 4.74 Å². The molecular weight excluding hydrogens is 142 g/mol. The molecule has 0 bridgehead atoms. The van der Waals surface area contributed by atoms with Crippen molar-refractivity contribution < 1.29 is 9.53 Å². The van der Waals surface area contributed by atoms with E-state index in [-0.39, 0.29) is 6.42 Å². The fraction of sp³-hybridized carbons (Fsp3) is 0.750. The maximum absolute atomic E-state index is 9.97. The number of carbonyl (C=O) groups is 1. The number of ether oxygens (including phenoxy) is 1. The standard InChI is InChI=1S/C4H5NO2.C4H10/c1-2-4(6)7-3-5;1-3-4-2/h2H2,1H3;3-4H2,1-2H3. The Morgan fingerprint density at radius 3 is 1.91 bits per heavy atom. The van der Waals surface area contributed by atoms with Crippen LogP contribution in [0.5, 0.6) is 0 Å². The Bertz CT molecular complexity index is 125. The smallest absolute Gasteiger partial charge is 0.321 e. The van der Waals surface area contributed by atoms with Crippen molar-refractivity contribution in [3.63, 3.8) is 0 Å². The van der Waals surface area contributed by atoms with Crippen molar-refractivity contribution >= 4 is 5.97 Å². The molecule has 0 saturated heterocycles. The van der Waals surface area contributed by atoms with Gasteiger partial charge in [0.2, 0.25) is 0 Å². The second kappa shape index (κ2) is 11.7. The largest absolute Gasteiger partial charge is 0.351 e. The first-order valence-corrected chi connectivity index (χ1v) is 3.81. The predicted octanol–water partition coefficient (Wildman–Crippen LogP) is 2.23. The molecule has 0 fully saturated rings. The van der Waals surface area contributed by atoms with Gasteiger partial charge in [-0.05, 0) is 0 Å². The van der Waals surface area contributed by atoms with Crippen molar-refractivity contribution in [2.45, 2.75) is 40.0 Å². The van der Waals surface area contributed by atoms with Crippen LogP contribution in [-0.4, -0.2) is 5.97 Å². The minimum Gasteiger partial charge on any atom is -0.351 e. The maximum atomic E-state index is 9.97. The second-order valence-electron chi connectivity index (χ2n) is 1.92.